The van der Waals surface area contributed by atoms with Crippen molar-refractivity contribution in [3.8, 4) is 0 Å². The van der Waals surface area contributed by atoms with E-state index < -0.39 is 17.8 Å². The van der Waals surface area contributed by atoms with Crippen molar-refractivity contribution in [2.24, 2.45) is 17.8 Å². The largest absolute Gasteiger partial charge is 0.336 e. The highest BCUT2D eigenvalue weighted by atomic mass is 16.7. The molecule has 0 spiro atoms. The van der Waals surface area contributed by atoms with Gasteiger partial charge in [-0.1, -0.05) is 25.7 Å². The zero-order valence-corrected chi connectivity index (χ0v) is 11.7. The van der Waals surface area contributed by atoms with Gasteiger partial charge in [0.15, 0.2) is 0 Å². The topological polar surface area (TPSA) is 63.7 Å². The van der Waals surface area contributed by atoms with Gasteiger partial charge in [0.2, 0.25) is 0 Å². The predicted molar refractivity (Wildman–Crippen MR) is 70.0 cm³/mol. The Kier molecular flexibility index (Phi) is 3.76. The van der Waals surface area contributed by atoms with Gasteiger partial charge >= 0.3 is 5.97 Å². The Hall–Kier alpha value is -1.39. The lowest BCUT2D eigenvalue weighted by atomic mass is 9.89. The van der Waals surface area contributed by atoms with Crippen LogP contribution in [0.15, 0.2) is 0 Å². The third kappa shape index (κ3) is 2.58. The van der Waals surface area contributed by atoms with Crippen molar-refractivity contribution in [2.75, 3.05) is 0 Å². The molecule has 0 aromatic heterocycles. The molecule has 0 aromatic carbocycles. The number of carbonyl (C=O) groups is 3. The van der Waals surface area contributed by atoms with E-state index in [0.717, 1.165) is 25.2 Å². The van der Waals surface area contributed by atoms with E-state index in [9.17, 15) is 14.4 Å². The smallest absolute Gasteiger partial charge is 0.330 e. The van der Waals surface area contributed by atoms with Crippen LogP contribution in [0, 0.1) is 17.8 Å². The maximum absolute atomic E-state index is 12.1. The molecular weight excluding hydrogens is 258 g/mol. The van der Waals surface area contributed by atoms with Crippen molar-refractivity contribution in [3.63, 3.8) is 0 Å². The molecule has 1 saturated heterocycles. The molecule has 20 heavy (non-hydrogen) atoms. The van der Waals surface area contributed by atoms with Crippen LogP contribution in [0.2, 0.25) is 0 Å². The van der Waals surface area contributed by atoms with E-state index in [0.29, 0.717) is 11.0 Å². The number of nitrogens with zero attached hydrogens (tertiary/aromatic N) is 1. The van der Waals surface area contributed by atoms with Gasteiger partial charge < -0.3 is 4.84 Å². The summed E-state index contributed by atoms with van der Waals surface area (Å²) in [4.78, 5) is 40.0. The third-order valence-corrected chi connectivity index (χ3v) is 5.06. The second-order valence-corrected chi connectivity index (χ2v) is 6.31. The van der Waals surface area contributed by atoms with Gasteiger partial charge in [0.25, 0.3) is 11.8 Å². The average Bonchev–Trinajstić information content (AvgIpc) is 3.14. The molecule has 1 heterocycles. The van der Waals surface area contributed by atoms with E-state index in [1.54, 1.807) is 0 Å². The molecule has 2 aliphatic carbocycles. The average molecular weight is 279 g/mol. The minimum atomic E-state index is -0.395. The summed E-state index contributed by atoms with van der Waals surface area (Å²) in [6.07, 6.45) is 8.27. The Morgan fingerprint density at radius 3 is 2.25 bits per heavy atom. The summed E-state index contributed by atoms with van der Waals surface area (Å²) in [6, 6.07) is 0. The summed E-state index contributed by atoms with van der Waals surface area (Å²) in [6.45, 7) is 0. The molecule has 0 radical (unpaired) electrons. The van der Waals surface area contributed by atoms with Gasteiger partial charge in [-0.05, 0) is 31.1 Å². The SMILES string of the molecule is O=C(ON1C(=O)CCC1=O)[C@@H]1CCC(C2CCCC2)C1. The van der Waals surface area contributed by atoms with Gasteiger partial charge in [-0.2, -0.15) is 0 Å². The maximum atomic E-state index is 12.1. The van der Waals surface area contributed by atoms with Crippen molar-refractivity contribution in [3.05, 3.63) is 0 Å². The first-order valence-corrected chi connectivity index (χ1v) is 7.72. The molecule has 3 fully saturated rings. The standard InChI is InChI=1S/C15H21NO4/c17-13-7-8-14(18)16(13)20-15(19)12-6-5-11(9-12)10-3-1-2-4-10/h10-12H,1-9H2/t11?,12-/m1/s1. The summed E-state index contributed by atoms with van der Waals surface area (Å²) in [5.41, 5.74) is 0. The van der Waals surface area contributed by atoms with Gasteiger partial charge in [-0.15, -0.1) is 5.06 Å². The molecular formula is C15H21NO4. The molecule has 1 aliphatic heterocycles. The number of hydrogen-bond acceptors (Lipinski definition) is 4. The lowest BCUT2D eigenvalue weighted by Crippen LogP contribution is -2.34. The Balaban J connectivity index is 1.53. The number of amides is 2. The normalized spacial score (nSPS) is 31.3. The summed E-state index contributed by atoms with van der Waals surface area (Å²) >= 11 is 0. The summed E-state index contributed by atoms with van der Waals surface area (Å²) in [7, 11) is 0. The molecule has 5 nitrogen and oxygen atoms in total. The minimum absolute atomic E-state index is 0.137. The van der Waals surface area contributed by atoms with Crippen LogP contribution in [0.4, 0.5) is 0 Å². The zero-order chi connectivity index (χ0) is 14.1. The van der Waals surface area contributed by atoms with Crippen molar-refractivity contribution in [1.82, 2.24) is 5.06 Å². The molecule has 1 unspecified atom stereocenters. The molecule has 3 rings (SSSR count). The van der Waals surface area contributed by atoms with E-state index in [2.05, 4.69) is 0 Å². The molecule has 2 amide bonds. The molecule has 110 valence electrons. The third-order valence-electron chi connectivity index (χ3n) is 5.06. The fraction of sp³-hybridized carbons (Fsp3) is 0.800. The van der Waals surface area contributed by atoms with Crippen molar-refractivity contribution < 1.29 is 19.2 Å². The van der Waals surface area contributed by atoms with E-state index in [-0.39, 0.29) is 18.8 Å². The minimum Gasteiger partial charge on any atom is -0.330 e. The summed E-state index contributed by atoms with van der Waals surface area (Å²) in [5.74, 6) is 0.0705. The van der Waals surface area contributed by atoms with E-state index in [1.165, 1.54) is 25.7 Å². The monoisotopic (exact) mass is 279 g/mol. The number of rotatable bonds is 3. The van der Waals surface area contributed by atoms with Crippen LogP contribution in [-0.4, -0.2) is 22.8 Å². The predicted octanol–water partition coefficient (Wildman–Crippen LogP) is 2.20. The Bertz CT molecular complexity index is 412. The Morgan fingerprint density at radius 1 is 0.950 bits per heavy atom. The highest BCUT2D eigenvalue weighted by Gasteiger charge is 2.39. The Labute approximate surface area is 118 Å². The molecule has 0 bridgehead atoms. The van der Waals surface area contributed by atoms with E-state index in [4.69, 9.17) is 4.84 Å². The number of carbonyl (C=O) groups excluding carboxylic acids is 3. The fourth-order valence-electron chi connectivity index (χ4n) is 3.91. The van der Waals surface area contributed by atoms with Gasteiger partial charge in [0.1, 0.15) is 0 Å². The van der Waals surface area contributed by atoms with Gasteiger partial charge in [0, 0.05) is 12.8 Å². The molecule has 3 aliphatic rings. The molecule has 0 aromatic rings. The van der Waals surface area contributed by atoms with Gasteiger partial charge in [-0.25, -0.2) is 4.79 Å². The molecule has 2 saturated carbocycles. The van der Waals surface area contributed by atoms with Crippen LogP contribution >= 0.6 is 0 Å². The first-order chi connectivity index (χ1) is 9.65. The summed E-state index contributed by atoms with van der Waals surface area (Å²) < 4.78 is 0. The van der Waals surface area contributed by atoms with E-state index >= 15 is 0 Å². The van der Waals surface area contributed by atoms with Gasteiger partial charge in [0.05, 0.1) is 5.92 Å². The maximum Gasteiger partial charge on any atom is 0.336 e. The van der Waals surface area contributed by atoms with Crippen LogP contribution < -0.4 is 0 Å². The van der Waals surface area contributed by atoms with E-state index in [1.807, 2.05) is 0 Å². The number of imide groups is 1. The van der Waals surface area contributed by atoms with Crippen LogP contribution in [0.1, 0.15) is 57.8 Å². The number of hydrogen-bond donors (Lipinski definition) is 0. The summed E-state index contributed by atoms with van der Waals surface area (Å²) in [5, 5.41) is 0.672. The first-order valence-electron chi connectivity index (χ1n) is 7.72. The lowest BCUT2D eigenvalue weighted by Gasteiger charge is -2.18. The van der Waals surface area contributed by atoms with Crippen LogP contribution in [0.25, 0.3) is 0 Å². The highest BCUT2D eigenvalue weighted by molar-refractivity contribution is 6.01. The lowest BCUT2D eigenvalue weighted by molar-refractivity contribution is -0.200. The van der Waals surface area contributed by atoms with Crippen LogP contribution in [-0.2, 0) is 19.2 Å². The zero-order valence-electron chi connectivity index (χ0n) is 11.7. The van der Waals surface area contributed by atoms with Crippen molar-refractivity contribution in [1.29, 1.82) is 0 Å². The van der Waals surface area contributed by atoms with Gasteiger partial charge in [-0.3, -0.25) is 9.59 Å². The van der Waals surface area contributed by atoms with Crippen LogP contribution in [0.3, 0.4) is 0 Å². The second-order valence-electron chi connectivity index (χ2n) is 6.31. The highest BCUT2D eigenvalue weighted by Crippen LogP contribution is 2.43. The molecule has 5 heteroatoms. The van der Waals surface area contributed by atoms with Crippen molar-refractivity contribution >= 4 is 17.8 Å². The molecule has 0 N–H and O–H groups in total. The quantitative estimate of drug-likeness (QED) is 0.743. The second kappa shape index (κ2) is 5.54. The van der Waals surface area contributed by atoms with Crippen LogP contribution in [0.5, 0.6) is 0 Å². The molecule has 2 atom stereocenters. The first kappa shape index (κ1) is 13.6. The Morgan fingerprint density at radius 2 is 1.60 bits per heavy atom. The van der Waals surface area contributed by atoms with Crippen molar-refractivity contribution in [2.45, 2.75) is 57.8 Å². The fourth-order valence-corrected chi connectivity index (χ4v) is 3.91. The number of hydroxylamine groups is 2.